The van der Waals surface area contributed by atoms with Gasteiger partial charge in [-0.3, -0.25) is 4.79 Å². The van der Waals surface area contributed by atoms with Crippen LogP contribution in [-0.4, -0.2) is 10.7 Å². The Hall–Kier alpha value is -0.0500. The lowest BCUT2D eigenvalue weighted by molar-refractivity contribution is -0.117. The maximum Gasteiger partial charge on any atom is 0.231 e. The van der Waals surface area contributed by atoms with Gasteiger partial charge in [0.05, 0.1) is 4.83 Å². The average Bonchev–Trinajstić information content (AvgIpc) is 2.35. The Morgan fingerprint density at radius 2 is 1.28 bits per heavy atom. The van der Waals surface area contributed by atoms with Crippen molar-refractivity contribution in [3.05, 3.63) is 0 Å². The molecule has 0 aliphatic heterocycles. The quantitative estimate of drug-likeness (QED) is 0.379. The van der Waals surface area contributed by atoms with Gasteiger partial charge in [-0.2, -0.15) is 0 Å². The molecular formula is C15H30BrNO. The second-order valence-electron chi connectivity index (χ2n) is 5.19. The molecule has 0 fully saturated rings. The fraction of sp³-hybridized carbons (Fsp3) is 0.933. The maximum absolute atomic E-state index is 10.8. The van der Waals surface area contributed by atoms with E-state index in [4.69, 9.17) is 5.73 Å². The molecule has 0 saturated heterocycles. The van der Waals surface area contributed by atoms with Crippen LogP contribution in [0.3, 0.4) is 0 Å². The van der Waals surface area contributed by atoms with Gasteiger partial charge in [-0.15, -0.1) is 0 Å². The number of alkyl halides is 1. The molecule has 2 N–H and O–H groups in total. The molecule has 2 nitrogen and oxygen atoms in total. The summed E-state index contributed by atoms with van der Waals surface area (Å²) in [7, 11) is 0. The first-order chi connectivity index (χ1) is 8.68. The third-order valence-electron chi connectivity index (χ3n) is 3.37. The van der Waals surface area contributed by atoms with Crippen LogP contribution in [0.1, 0.15) is 84.0 Å². The minimum Gasteiger partial charge on any atom is -0.369 e. The molecule has 0 spiro atoms. The van der Waals surface area contributed by atoms with Gasteiger partial charge in [-0.05, 0) is 6.42 Å². The third-order valence-corrected chi connectivity index (χ3v) is 4.28. The predicted octanol–water partition coefficient (Wildman–Crippen LogP) is 4.94. The number of hydrogen-bond donors (Lipinski definition) is 1. The molecule has 1 atom stereocenters. The Labute approximate surface area is 121 Å². The highest BCUT2D eigenvalue weighted by atomic mass is 79.9. The van der Waals surface area contributed by atoms with Crippen molar-refractivity contribution in [1.82, 2.24) is 0 Å². The lowest BCUT2D eigenvalue weighted by atomic mass is 10.0. The van der Waals surface area contributed by atoms with E-state index >= 15 is 0 Å². The molecule has 0 rings (SSSR count). The largest absolute Gasteiger partial charge is 0.369 e. The molecule has 0 aromatic rings. The second kappa shape index (κ2) is 13.4. The number of carbonyl (C=O) groups is 1. The molecule has 1 amide bonds. The zero-order chi connectivity index (χ0) is 13.6. The minimum atomic E-state index is -0.234. The normalized spacial score (nSPS) is 12.6. The summed E-state index contributed by atoms with van der Waals surface area (Å²) in [5.74, 6) is -0.234. The monoisotopic (exact) mass is 319 g/mol. The van der Waals surface area contributed by atoms with Gasteiger partial charge in [-0.25, -0.2) is 0 Å². The van der Waals surface area contributed by atoms with Crippen LogP contribution in [0.4, 0.5) is 0 Å². The summed E-state index contributed by atoms with van der Waals surface area (Å²) in [5, 5.41) is 0. The summed E-state index contributed by atoms with van der Waals surface area (Å²) in [6.07, 6.45) is 15.6. The molecule has 3 heteroatoms. The van der Waals surface area contributed by atoms with Crippen LogP contribution in [0.2, 0.25) is 0 Å². The molecule has 0 aliphatic rings. The van der Waals surface area contributed by atoms with Crippen molar-refractivity contribution in [2.75, 3.05) is 0 Å². The number of nitrogens with two attached hydrogens (primary N) is 1. The summed E-state index contributed by atoms with van der Waals surface area (Å²) >= 11 is 3.29. The van der Waals surface area contributed by atoms with E-state index in [9.17, 15) is 4.79 Å². The van der Waals surface area contributed by atoms with E-state index in [0.717, 1.165) is 12.8 Å². The molecule has 0 aromatic carbocycles. The summed E-state index contributed by atoms with van der Waals surface area (Å²) in [5.41, 5.74) is 5.18. The van der Waals surface area contributed by atoms with Crippen LogP contribution in [0.25, 0.3) is 0 Å². The summed E-state index contributed by atoms with van der Waals surface area (Å²) < 4.78 is 0. The Bertz CT molecular complexity index is 197. The Morgan fingerprint density at radius 3 is 1.67 bits per heavy atom. The van der Waals surface area contributed by atoms with Crippen molar-refractivity contribution >= 4 is 21.8 Å². The molecule has 18 heavy (non-hydrogen) atoms. The molecule has 0 aromatic heterocycles. The van der Waals surface area contributed by atoms with E-state index in [0.29, 0.717) is 0 Å². The highest BCUT2D eigenvalue weighted by Gasteiger charge is 2.08. The van der Waals surface area contributed by atoms with Gasteiger partial charge in [-0.1, -0.05) is 93.5 Å². The second-order valence-corrected chi connectivity index (χ2v) is 6.30. The van der Waals surface area contributed by atoms with Crippen LogP contribution in [0.15, 0.2) is 0 Å². The number of carbonyl (C=O) groups excluding carboxylic acids is 1. The molecule has 0 aliphatic carbocycles. The molecule has 108 valence electrons. The third kappa shape index (κ3) is 12.4. The highest BCUT2D eigenvalue weighted by Crippen LogP contribution is 2.14. The van der Waals surface area contributed by atoms with Gasteiger partial charge in [0.15, 0.2) is 0 Å². The van der Waals surface area contributed by atoms with Crippen molar-refractivity contribution in [1.29, 1.82) is 0 Å². The number of rotatable bonds is 13. The molecular weight excluding hydrogens is 290 g/mol. The first-order valence-corrected chi connectivity index (χ1v) is 8.53. The van der Waals surface area contributed by atoms with Gasteiger partial charge in [0.1, 0.15) is 0 Å². The van der Waals surface area contributed by atoms with E-state index in [-0.39, 0.29) is 10.7 Å². The fourth-order valence-electron chi connectivity index (χ4n) is 2.13. The smallest absolute Gasteiger partial charge is 0.231 e. The van der Waals surface area contributed by atoms with E-state index in [1.54, 1.807) is 0 Å². The molecule has 0 saturated carbocycles. The zero-order valence-electron chi connectivity index (χ0n) is 11.9. The van der Waals surface area contributed by atoms with Crippen molar-refractivity contribution in [2.45, 2.75) is 88.8 Å². The standard InChI is InChI=1S/C15H30BrNO/c1-2-3-4-5-6-7-8-9-10-11-12-13-14(16)15(17)18/h14H,2-13H2,1H3,(H2,17,18). The molecule has 1 unspecified atom stereocenters. The van der Waals surface area contributed by atoms with Crippen LogP contribution in [-0.2, 0) is 4.79 Å². The number of amides is 1. The van der Waals surface area contributed by atoms with Crippen molar-refractivity contribution in [3.8, 4) is 0 Å². The van der Waals surface area contributed by atoms with E-state index in [1.165, 1.54) is 64.2 Å². The van der Waals surface area contributed by atoms with E-state index in [1.807, 2.05) is 0 Å². The van der Waals surface area contributed by atoms with Gasteiger partial charge < -0.3 is 5.73 Å². The topological polar surface area (TPSA) is 43.1 Å². The van der Waals surface area contributed by atoms with Gasteiger partial charge >= 0.3 is 0 Å². The van der Waals surface area contributed by atoms with Crippen LogP contribution in [0, 0.1) is 0 Å². The Kier molecular flexibility index (Phi) is 13.3. The first kappa shape index (κ1) is 17.9. The van der Waals surface area contributed by atoms with Gasteiger partial charge in [0.25, 0.3) is 0 Å². The number of unbranched alkanes of at least 4 members (excludes halogenated alkanes) is 10. The van der Waals surface area contributed by atoms with Crippen molar-refractivity contribution in [3.63, 3.8) is 0 Å². The SMILES string of the molecule is CCCCCCCCCCCCCC(Br)C(N)=O. The predicted molar refractivity (Wildman–Crippen MR) is 83.0 cm³/mol. The Morgan fingerprint density at radius 1 is 0.889 bits per heavy atom. The lowest BCUT2D eigenvalue weighted by Crippen LogP contribution is -2.22. The molecule has 0 heterocycles. The fourth-order valence-corrected chi connectivity index (χ4v) is 2.45. The van der Waals surface area contributed by atoms with Crippen LogP contribution >= 0.6 is 15.9 Å². The number of halogens is 1. The maximum atomic E-state index is 10.8. The summed E-state index contributed by atoms with van der Waals surface area (Å²) in [4.78, 5) is 10.7. The minimum absolute atomic E-state index is 0.129. The van der Waals surface area contributed by atoms with Gasteiger partial charge in [0.2, 0.25) is 5.91 Å². The summed E-state index contributed by atoms with van der Waals surface area (Å²) in [6, 6.07) is 0. The van der Waals surface area contributed by atoms with E-state index in [2.05, 4.69) is 22.9 Å². The highest BCUT2D eigenvalue weighted by molar-refractivity contribution is 9.10. The first-order valence-electron chi connectivity index (χ1n) is 7.62. The van der Waals surface area contributed by atoms with Crippen molar-refractivity contribution in [2.24, 2.45) is 5.73 Å². The number of primary amides is 1. The van der Waals surface area contributed by atoms with E-state index < -0.39 is 0 Å². The van der Waals surface area contributed by atoms with Crippen LogP contribution in [0.5, 0.6) is 0 Å². The van der Waals surface area contributed by atoms with Crippen LogP contribution < -0.4 is 5.73 Å². The Balaban J connectivity index is 3.05. The lowest BCUT2D eigenvalue weighted by Gasteiger charge is -2.05. The number of hydrogen-bond acceptors (Lipinski definition) is 1. The average molecular weight is 320 g/mol. The summed E-state index contributed by atoms with van der Waals surface area (Å²) in [6.45, 7) is 2.26. The van der Waals surface area contributed by atoms with Gasteiger partial charge in [0, 0.05) is 0 Å². The van der Waals surface area contributed by atoms with Crippen molar-refractivity contribution < 1.29 is 4.79 Å². The molecule has 0 radical (unpaired) electrons. The molecule has 0 bridgehead atoms. The zero-order valence-corrected chi connectivity index (χ0v) is 13.5.